The lowest BCUT2D eigenvalue weighted by Gasteiger charge is -2.28. The zero-order chi connectivity index (χ0) is 20.2. The number of aromatic nitrogens is 4. The lowest BCUT2D eigenvalue weighted by atomic mass is 10.1. The van der Waals surface area contributed by atoms with Crippen LogP contribution in [0, 0.1) is 13.8 Å². The van der Waals surface area contributed by atoms with Crippen molar-refractivity contribution in [1.29, 1.82) is 0 Å². The van der Waals surface area contributed by atoms with Crippen LogP contribution in [0.15, 0.2) is 35.0 Å². The Morgan fingerprint density at radius 1 is 0.690 bits per heavy atom. The summed E-state index contributed by atoms with van der Waals surface area (Å²) in [6.07, 6.45) is 0. The van der Waals surface area contributed by atoms with Gasteiger partial charge in [0.05, 0.1) is 22.8 Å². The molecule has 0 amide bonds. The second-order valence-corrected chi connectivity index (χ2v) is 9.36. The fraction of sp³-hybridized carbons (Fsp3) is 0.238. The van der Waals surface area contributed by atoms with Gasteiger partial charge in [-0.1, -0.05) is 0 Å². The lowest BCUT2D eigenvalue weighted by molar-refractivity contribution is 0.655. The molecule has 146 valence electrons. The highest BCUT2D eigenvalue weighted by molar-refractivity contribution is 7.13. The lowest BCUT2D eigenvalue weighted by Crippen LogP contribution is -2.38. The second-order valence-electron chi connectivity index (χ2n) is 7.65. The molecule has 0 atom stereocenters. The molecule has 0 saturated carbocycles. The summed E-state index contributed by atoms with van der Waals surface area (Å²) < 4.78 is 0. The highest BCUT2D eigenvalue weighted by Gasteiger charge is 2.28. The first-order valence-electron chi connectivity index (χ1n) is 9.32. The Balaban J connectivity index is 1.71. The summed E-state index contributed by atoms with van der Waals surface area (Å²) in [6, 6.07) is 8.15. The van der Waals surface area contributed by atoms with Crippen LogP contribution in [0.1, 0.15) is 25.2 Å². The second kappa shape index (κ2) is 6.60. The minimum atomic E-state index is -0.345. The van der Waals surface area contributed by atoms with Crippen molar-refractivity contribution in [1.82, 2.24) is 19.9 Å². The van der Waals surface area contributed by atoms with E-state index in [1.165, 1.54) is 0 Å². The van der Waals surface area contributed by atoms with E-state index in [0.29, 0.717) is 0 Å². The van der Waals surface area contributed by atoms with E-state index in [1.807, 2.05) is 36.7 Å². The molecular formula is C21H20N6S2. The van der Waals surface area contributed by atoms with Gasteiger partial charge >= 0.3 is 0 Å². The van der Waals surface area contributed by atoms with E-state index in [1.54, 1.807) is 22.7 Å². The van der Waals surface area contributed by atoms with Gasteiger partial charge in [0, 0.05) is 22.1 Å². The van der Waals surface area contributed by atoms with Gasteiger partial charge < -0.3 is 10.6 Å². The van der Waals surface area contributed by atoms with E-state index in [2.05, 4.69) is 46.6 Å². The summed E-state index contributed by atoms with van der Waals surface area (Å²) in [7, 11) is 0. The first kappa shape index (κ1) is 18.2. The molecule has 8 heteroatoms. The molecule has 2 N–H and O–H groups in total. The zero-order valence-electron chi connectivity index (χ0n) is 16.6. The number of hydrogen-bond acceptors (Lipinski definition) is 8. The van der Waals surface area contributed by atoms with Crippen LogP contribution in [0.4, 0.5) is 11.4 Å². The highest BCUT2D eigenvalue weighted by atomic mass is 32.1. The highest BCUT2D eigenvalue weighted by Crippen LogP contribution is 2.39. The minimum absolute atomic E-state index is 0.345. The molecule has 0 aliphatic carbocycles. The molecular weight excluding hydrogens is 400 g/mol. The van der Waals surface area contributed by atoms with Crippen molar-refractivity contribution in [2.24, 2.45) is 0 Å². The normalized spacial score (nSPS) is 14.3. The van der Waals surface area contributed by atoms with Gasteiger partial charge in [0.15, 0.2) is 0 Å². The SMILES string of the molecule is Cc1csc(-c2ccc3c(n2)-c2nc(-c4nc(C)cs4)ccc2NC(C)(C)N3)n1. The summed E-state index contributed by atoms with van der Waals surface area (Å²) >= 11 is 3.21. The third-order valence-corrected chi connectivity index (χ3v) is 6.55. The maximum atomic E-state index is 4.97. The maximum Gasteiger partial charge on any atom is 0.142 e. The van der Waals surface area contributed by atoms with Gasteiger partial charge in [-0.2, -0.15) is 0 Å². The van der Waals surface area contributed by atoms with Crippen LogP contribution < -0.4 is 10.6 Å². The summed E-state index contributed by atoms with van der Waals surface area (Å²) in [5.41, 5.74) is 6.89. The fourth-order valence-electron chi connectivity index (χ4n) is 3.37. The van der Waals surface area contributed by atoms with Crippen molar-refractivity contribution in [2.45, 2.75) is 33.4 Å². The largest absolute Gasteiger partial charge is 0.361 e. The molecule has 4 aromatic heterocycles. The molecule has 5 rings (SSSR count). The number of thiazole rings is 2. The van der Waals surface area contributed by atoms with Gasteiger partial charge in [-0.05, 0) is 52.0 Å². The van der Waals surface area contributed by atoms with Crippen LogP contribution in [0.3, 0.4) is 0 Å². The van der Waals surface area contributed by atoms with E-state index in [0.717, 1.165) is 55.6 Å². The molecule has 0 bridgehead atoms. The average Bonchev–Trinajstić information content (AvgIpc) is 3.28. The van der Waals surface area contributed by atoms with E-state index in [9.17, 15) is 0 Å². The van der Waals surface area contributed by atoms with Gasteiger partial charge in [-0.3, -0.25) is 0 Å². The topological polar surface area (TPSA) is 75.6 Å². The number of rotatable bonds is 2. The Bertz CT molecular complexity index is 1130. The Labute approximate surface area is 177 Å². The third kappa shape index (κ3) is 3.38. The molecule has 0 spiro atoms. The van der Waals surface area contributed by atoms with Gasteiger partial charge in [0.1, 0.15) is 27.1 Å². The number of nitrogens with zero attached hydrogens (tertiary/aromatic N) is 4. The number of fused-ring (bicyclic) bond motifs is 3. The smallest absolute Gasteiger partial charge is 0.142 e. The molecule has 0 saturated heterocycles. The molecule has 6 nitrogen and oxygen atoms in total. The number of pyridine rings is 2. The maximum absolute atomic E-state index is 4.97. The van der Waals surface area contributed by atoms with E-state index in [4.69, 9.17) is 9.97 Å². The number of anilines is 2. The molecule has 1 aliphatic rings. The van der Waals surface area contributed by atoms with Crippen molar-refractivity contribution in [3.05, 3.63) is 46.4 Å². The Morgan fingerprint density at radius 3 is 1.52 bits per heavy atom. The third-order valence-electron chi connectivity index (χ3n) is 4.59. The average molecular weight is 421 g/mol. The molecule has 0 radical (unpaired) electrons. The van der Waals surface area contributed by atoms with Crippen LogP contribution in [-0.2, 0) is 0 Å². The predicted molar refractivity (Wildman–Crippen MR) is 120 cm³/mol. The summed E-state index contributed by atoms with van der Waals surface area (Å²) in [5.74, 6) is 0. The molecule has 0 aromatic carbocycles. The molecule has 5 heterocycles. The van der Waals surface area contributed by atoms with Gasteiger partial charge in [0.2, 0.25) is 0 Å². The standard InChI is InChI=1S/C21H20N6S2/c1-11-9-28-19(22-11)15-7-5-13-17(24-15)18-14(27-21(3,4)26-13)6-8-16(25-18)20-23-12(2)10-29-20/h5-10,26-27H,1-4H3. The van der Waals surface area contributed by atoms with E-state index in [-0.39, 0.29) is 5.66 Å². The number of hydrogen-bond donors (Lipinski definition) is 2. The van der Waals surface area contributed by atoms with E-state index >= 15 is 0 Å². The van der Waals surface area contributed by atoms with Crippen LogP contribution in [0.25, 0.3) is 32.8 Å². The Kier molecular flexibility index (Phi) is 4.15. The van der Waals surface area contributed by atoms with Crippen LogP contribution in [0.5, 0.6) is 0 Å². The molecule has 0 unspecified atom stereocenters. The van der Waals surface area contributed by atoms with Crippen molar-refractivity contribution in [2.75, 3.05) is 10.6 Å². The Morgan fingerprint density at radius 2 is 1.14 bits per heavy atom. The van der Waals surface area contributed by atoms with Crippen molar-refractivity contribution >= 4 is 34.0 Å². The van der Waals surface area contributed by atoms with Crippen LogP contribution in [-0.4, -0.2) is 25.6 Å². The monoisotopic (exact) mass is 420 g/mol. The minimum Gasteiger partial charge on any atom is -0.361 e. The predicted octanol–water partition coefficient (Wildman–Crippen LogP) is 5.58. The molecule has 0 fully saturated rings. The van der Waals surface area contributed by atoms with Crippen molar-refractivity contribution in [3.8, 4) is 32.8 Å². The van der Waals surface area contributed by atoms with Crippen molar-refractivity contribution in [3.63, 3.8) is 0 Å². The molecule has 29 heavy (non-hydrogen) atoms. The quantitative estimate of drug-likeness (QED) is 0.441. The van der Waals surface area contributed by atoms with Gasteiger partial charge in [-0.25, -0.2) is 19.9 Å². The first-order chi connectivity index (χ1) is 13.9. The van der Waals surface area contributed by atoms with Crippen LogP contribution >= 0.6 is 22.7 Å². The van der Waals surface area contributed by atoms with Crippen LogP contribution in [0.2, 0.25) is 0 Å². The molecule has 1 aliphatic heterocycles. The summed E-state index contributed by atoms with van der Waals surface area (Å²) in [6.45, 7) is 8.19. The number of aryl methyl sites for hydroxylation is 2. The van der Waals surface area contributed by atoms with Gasteiger partial charge in [0.25, 0.3) is 0 Å². The van der Waals surface area contributed by atoms with Crippen molar-refractivity contribution < 1.29 is 0 Å². The molecule has 4 aromatic rings. The summed E-state index contributed by atoms with van der Waals surface area (Å²) in [5, 5.41) is 13.0. The fourth-order valence-corrected chi connectivity index (χ4v) is 4.90. The zero-order valence-corrected chi connectivity index (χ0v) is 18.2. The first-order valence-corrected chi connectivity index (χ1v) is 11.1. The van der Waals surface area contributed by atoms with Gasteiger partial charge in [-0.15, -0.1) is 22.7 Å². The van der Waals surface area contributed by atoms with E-state index < -0.39 is 0 Å². The Hall–Kier alpha value is -2.84. The summed E-state index contributed by atoms with van der Waals surface area (Å²) in [4.78, 5) is 19.1. The number of nitrogens with one attached hydrogen (secondary N) is 2.